The van der Waals surface area contributed by atoms with E-state index in [0.717, 1.165) is 36.4 Å². The summed E-state index contributed by atoms with van der Waals surface area (Å²) in [6, 6.07) is 0.446. The van der Waals surface area contributed by atoms with Crippen molar-refractivity contribution in [3.63, 3.8) is 0 Å². The van der Waals surface area contributed by atoms with Gasteiger partial charge in [0.25, 0.3) is 0 Å². The third-order valence-electron chi connectivity index (χ3n) is 6.78. The fraction of sp³-hybridized carbons (Fsp3) is 0.905. The van der Waals surface area contributed by atoms with Crippen LogP contribution in [-0.2, 0) is 6.54 Å². The standard InChI is InChI=1S/C21H39N5/c1-5-18(4)26-16-21(22-23-26)15-25-10-6-19(7-11-25)14-24-12-8-20(9-13-24)17(2)3/h16-20H,5-15H2,1-4H3. The van der Waals surface area contributed by atoms with Gasteiger partial charge in [0.15, 0.2) is 0 Å². The van der Waals surface area contributed by atoms with Crippen molar-refractivity contribution in [1.82, 2.24) is 24.8 Å². The van der Waals surface area contributed by atoms with Crippen molar-refractivity contribution in [1.29, 1.82) is 0 Å². The molecule has 0 amide bonds. The minimum Gasteiger partial charge on any atom is -0.303 e. The van der Waals surface area contributed by atoms with E-state index in [0.29, 0.717) is 6.04 Å². The number of piperidine rings is 2. The van der Waals surface area contributed by atoms with E-state index in [-0.39, 0.29) is 0 Å². The predicted molar refractivity (Wildman–Crippen MR) is 107 cm³/mol. The molecule has 5 nitrogen and oxygen atoms in total. The number of nitrogens with zero attached hydrogens (tertiary/aromatic N) is 5. The molecule has 3 heterocycles. The smallest absolute Gasteiger partial charge is 0.0967 e. The van der Waals surface area contributed by atoms with Crippen LogP contribution in [0.25, 0.3) is 0 Å². The third-order valence-corrected chi connectivity index (χ3v) is 6.78. The maximum Gasteiger partial charge on any atom is 0.0967 e. The molecule has 1 aromatic heterocycles. The molecule has 2 fully saturated rings. The highest BCUT2D eigenvalue weighted by molar-refractivity contribution is 4.94. The molecular weight excluding hydrogens is 322 g/mol. The minimum absolute atomic E-state index is 0.446. The number of aromatic nitrogens is 3. The zero-order valence-electron chi connectivity index (χ0n) is 17.4. The van der Waals surface area contributed by atoms with Crippen LogP contribution in [0, 0.1) is 17.8 Å². The second-order valence-corrected chi connectivity index (χ2v) is 9.05. The van der Waals surface area contributed by atoms with Crippen molar-refractivity contribution in [3.8, 4) is 0 Å². The average molecular weight is 362 g/mol. The van der Waals surface area contributed by atoms with E-state index in [1.807, 2.05) is 4.68 Å². The Morgan fingerprint density at radius 1 is 1.00 bits per heavy atom. The molecule has 1 atom stereocenters. The molecule has 1 aromatic rings. The first-order valence-corrected chi connectivity index (χ1v) is 10.9. The first kappa shape index (κ1) is 19.8. The lowest BCUT2D eigenvalue weighted by atomic mass is 9.86. The zero-order valence-corrected chi connectivity index (χ0v) is 17.4. The molecule has 1 unspecified atom stereocenters. The largest absolute Gasteiger partial charge is 0.303 e. The molecule has 2 aliphatic heterocycles. The molecule has 0 spiro atoms. The third kappa shape index (κ3) is 5.29. The second kappa shape index (κ2) is 9.32. The first-order valence-electron chi connectivity index (χ1n) is 10.9. The van der Waals surface area contributed by atoms with Crippen LogP contribution in [0.3, 0.4) is 0 Å². The highest BCUT2D eigenvalue weighted by atomic mass is 15.4. The van der Waals surface area contributed by atoms with Gasteiger partial charge >= 0.3 is 0 Å². The van der Waals surface area contributed by atoms with Crippen molar-refractivity contribution in [3.05, 3.63) is 11.9 Å². The van der Waals surface area contributed by atoms with Crippen molar-refractivity contribution >= 4 is 0 Å². The summed E-state index contributed by atoms with van der Waals surface area (Å²) >= 11 is 0. The summed E-state index contributed by atoms with van der Waals surface area (Å²) < 4.78 is 2.02. The molecule has 0 N–H and O–H groups in total. The lowest BCUT2D eigenvalue weighted by Gasteiger charge is -2.38. The molecule has 3 rings (SSSR count). The monoisotopic (exact) mass is 361 g/mol. The summed E-state index contributed by atoms with van der Waals surface area (Å²) in [4.78, 5) is 5.30. The Morgan fingerprint density at radius 3 is 2.27 bits per heavy atom. The van der Waals surface area contributed by atoms with Crippen molar-refractivity contribution in [2.45, 2.75) is 72.4 Å². The van der Waals surface area contributed by atoms with Gasteiger partial charge < -0.3 is 4.90 Å². The van der Waals surface area contributed by atoms with Gasteiger partial charge in [-0.25, -0.2) is 4.68 Å². The molecule has 2 aliphatic rings. The Kier molecular flexibility index (Phi) is 7.10. The van der Waals surface area contributed by atoms with Gasteiger partial charge in [-0.1, -0.05) is 26.0 Å². The van der Waals surface area contributed by atoms with E-state index in [9.17, 15) is 0 Å². The summed E-state index contributed by atoms with van der Waals surface area (Å²) in [5.74, 6) is 2.70. The molecule has 0 saturated carbocycles. The molecule has 148 valence electrons. The van der Waals surface area contributed by atoms with Gasteiger partial charge in [-0.3, -0.25) is 4.90 Å². The van der Waals surface area contributed by atoms with Gasteiger partial charge in [-0.2, -0.15) is 0 Å². The minimum atomic E-state index is 0.446. The van der Waals surface area contributed by atoms with Gasteiger partial charge in [0.05, 0.1) is 17.9 Å². The van der Waals surface area contributed by atoms with Crippen molar-refractivity contribution in [2.75, 3.05) is 32.7 Å². The summed E-state index contributed by atoms with van der Waals surface area (Å²) in [5, 5.41) is 8.67. The van der Waals surface area contributed by atoms with Crippen LogP contribution in [0.5, 0.6) is 0 Å². The van der Waals surface area contributed by atoms with Crippen LogP contribution in [0.15, 0.2) is 6.20 Å². The predicted octanol–water partition coefficient (Wildman–Crippen LogP) is 3.83. The highest BCUT2D eigenvalue weighted by Crippen LogP contribution is 2.26. The number of hydrogen-bond donors (Lipinski definition) is 0. The van der Waals surface area contributed by atoms with E-state index >= 15 is 0 Å². The maximum absolute atomic E-state index is 4.38. The fourth-order valence-electron chi connectivity index (χ4n) is 4.51. The number of likely N-dealkylation sites (tertiary alicyclic amines) is 2. The molecule has 2 saturated heterocycles. The Balaban J connectivity index is 1.37. The number of rotatable bonds is 7. The molecule has 0 bridgehead atoms. The SMILES string of the molecule is CCC(C)n1cc(CN2CCC(CN3CCC(C(C)C)CC3)CC2)nn1. The van der Waals surface area contributed by atoms with Crippen LogP contribution in [-0.4, -0.2) is 57.5 Å². The Morgan fingerprint density at radius 2 is 1.65 bits per heavy atom. The molecule has 0 aliphatic carbocycles. The molecule has 0 aromatic carbocycles. The first-order chi connectivity index (χ1) is 12.5. The van der Waals surface area contributed by atoms with Crippen LogP contribution in [0.4, 0.5) is 0 Å². The van der Waals surface area contributed by atoms with Gasteiger partial charge in [0.1, 0.15) is 0 Å². The van der Waals surface area contributed by atoms with Gasteiger partial charge in [-0.05, 0) is 83.0 Å². The van der Waals surface area contributed by atoms with Gasteiger partial charge in [0, 0.05) is 13.1 Å². The van der Waals surface area contributed by atoms with Gasteiger partial charge in [0.2, 0.25) is 0 Å². The van der Waals surface area contributed by atoms with E-state index in [1.165, 1.54) is 58.4 Å². The summed E-state index contributed by atoms with van der Waals surface area (Å²) in [5.41, 5.74) is 1.12. The van der Waals surface area contributed by atoms with Gasteiger partial charge in [-0.15, -0.1) is 5.10 Å². The van der Waals surface area contributed by atoms with Crippen LogP contribution >= 0.6 is 0 Å². The Bertz CT molecular complexity index is 524. The fourth-order valence-corrected chi connectivity index (χ4v) is 4.51. The maximum atomic E-state index is 4.38. The van der Waals surface area contributed by atoms with E-state index < -0.39 is 0 Å². The molecular formula is C21H39N5. The topological polar surface area (TPSA) is 37.2 Å². The Labute approximate surface area is 160 Å². The van der Waals surface area contributed by atoms with E-state index in [4.69, 9.17) is 0 Å². The quantitative estimate of drug-likeness (QED) is 0.740. The van der Waals surface area contributed by atoms with Crippen LogP contribution < -0.4 is 0 Å². The van der Waals surface area contributed by atoms with E-state index in [1.54, 1.807) is 0 Å². The highest BCUT2D eigenvalue weighted by Gasteiger charge is 2.26. The lowest BCUT2D eigenvalue weighted by Crippen LogP contribution is -2.41. The van der Waals surface area contributed by atoms with E-state index in [2.05, 4.69) is 54.0 Å². The van der Waals surface area contributed by atoms with Crippen LogP contribution in [0.2, 0.25) is 0 Å². The van der Waals surface area contributed by atoms with Crippen molar-refractivity contribution in [2.24, 2.45) is 17.8 Å². The molecule has 0 radical (unpaired) electrons. The second-order valence-electron chi connectivity index (χ2n) is 9.05. The zero-order chi connectivity index (χ0) is 18.5. The van der Waals surface area contributed by atoms with Crippen molar-refractivity contribution < 1.29 is 0 Å². The number of hydrogen-bond acceptors (Lipinski definition) is 4. The molecule has 26 heavy (non-hydrogen) atoms. The molecule has 5 heteroatoms. The summed E-state index contributed by atoms with van der Waals surface area (Å²) in [7, 11) is 0. The average Bonchev–Trinajstić information content (AvgIpc) is 3.11. The normalized spacial score (nSPS) is 23.0. The summed E-state index contributed by atoms with van der Waals surface area (Å²) in [6.07, 6.45) is 8.72. The summed E-state index contributed by atoms with van der Waals surface area (Å²) in [6.45, 7) is 16.5. The Hall–Kier alpha value is -0.940. The lowest BCUT2D eigenvalue weighted by molar-refractivity contribution is 0.105. The van der Waals surface area contributed by atoms with Crippen LogP contribution in [0.1, 0.15) is 71.5 Å².